The number of phenolic OH excluding ortho intramolecular Hbond substituents is 2. The van der Waals surface area contributed by atoms with Gasteiger partial charge in [0.1, 0.15) is 5.75 Å². The molecule has 0 amide bonds. The average molecular weight is 368 g/mol. The van der Waals surface area contributed by atoms with Crippen LogP contribution in [0.15, 0.2) is 60.9 Å². The Labute approximate surface area is 150 Å². The highest BCUT2D eigenvalue weighted by atomic mass is 16.5. The van der Waals surface area contributed by atoms with Crippen molar-refractivity contribution in [1.82, 2.24) is 0 Å². The van der Waals surface area contributed by atoms with Gasteiger partial charge < -0.3 is 28.5 Å². The third kappa shape index (κ3) is 2.73. The first kappa shape index (κ1) is 16.5. The summed E-state index contributed by atoms with van der Waals surface area (Å²) in [5, 5.41) is 20.9. The second-order valence-corrected chi connectivity index (χ2v) is 5.61. The van der Waals surface area contributed by atoms with Gasteiger partial charge in [-0.1, -0.05) is 0 Å². The molecule has 0 aliphatic heterocycles. The van der Waals surface area contributed by atoms with Crippen LogP contribution < -0.4 is 20.7 Å². The van der Waals surface area contributed by atoms with E-state index >= 15 is 0 Å². The van der Waals surface area contributed by atoms with Crippen LogP contribution >= 0.6 is 0 Å². The summed E-state index contributed by atoms with van der Waals surface area (Å²) in [7, 11) is 1.39. The van der Waals surface area contributed by atoms with Crippen molar-refractivity contribution in [3.05, 3.63) is 63.3 Å². The van der Waals surface area contributed by atoms with Gasteiger partial charge in [-0.25, -0.2) is 9.59 Å². The maximum absolute atomic E-state index is 11.7. The molecule has 0 aliphatic rings. The van der Waals surface area contributed by atoms with Crippen LogP contribution in [-0.4, -0.2) is 17.3 Å². The van der Waals surface area contributed by atoms with Gasteiger partial charge in [-0.15, -0.1) is 0 Å². The molecule has 0 spiro atoms. The third-order valence-corrected chi connectivity index (χ3v) is 3.95. The molecule has 2 N–H and O–H groups in total. The number of phenols is 2. The summed E-state index contributed by atoms with van der Waals surface area (Å²) in [5.41, 5.74) is -1.39. The van der Waals surface area contributed by atoms with E-state index in [2.05, 4.69) is 0 Å². The Hall–Kier alpha value is -3.94. The van der Waals surface area contributed by atoms with Crippen molar-refractivity contribution in [2.45, 2.75) is 0 Å². The first-order valence-corrected chi connectivity index (χ1v) is 7.75. The fraction of sp³-hybridized carbons (Fsp3) is 0.0526. The highest BCUT2D eigenvalue weighted by Crippen LogP contribution is 2.45. The Morgan fingerprint density at radius 3 is 2.22 bits per heavy atom. The fourth-order valence-electron chi connectivity index (χ4n) is 2.72. The Bertz CT molecular complexity index is 1300. The molecule has 8 heteroatoms. The lowest BCUT2D eigenvalue weighted by Gasteiger charge is -2.14. The van der Waals surface area contributed by atoms with Gasteiger partial charge in [0.2, 0.25) is 11.5 Å². The van der Waals surface area contributed by atoms with E-state index in [1.54, 1.807) is 18.2 Å². The van der Waals surface area contributed by atoms with Crippen molar-refractivity contribution in [3.8, 4) is 28.7 Å². The molecule has 0 bridgehead atoms. The summed E-state index contributed by atoms with van der Waals surface area (Å²) < 4.78 is 21.4. The molecule has 0 unspecified atom stereocenters. The van der Waals surface area contributed by atoms with Crippen molar-refractivity contribution in [2.75, 3.05) is 7.11 Å². The highest BCUT2D eigenvalue weighted by molar-refractivity contribution is 5.92. The topological polar surface area (TPSA) is 119 Å². The maximum atomic E-state index is 11.7. The number of fused-ring (bicyclic) bond motifs is 2. The summed E-state index contributed by atoms with van der Waals surface area (Å²) >= 11 is 0. The van der Waals surface area contributed by atoms with Crippen LogP contribution in [0.2, 0.25) is 0 Å². The quantitative estimate of drug-likeness (QED) is 0.529. The number of hydrogen-bond acceptors (Lipinski definition) is 8. The molecular formula is C19H12O8. The zero-order valence-corrected chi connectivity index (χ0v) is 13.9. The van der Waals surface area contributed by atoms with Crippen molar-refractivity contribution >= 4 is 21.9 Å². The molecule has 0 saturated carbocycles. The molecule has 4 aromatic rings. The van der Waals surface area contributed by atoms with Gasteiger partial charge in [-0.3, -0.25) is 0 Å². The predicted molar refractivity (Wildman–Crippen MR) is 94.9 cm³/mol. The molecular weight excluding hydrogens is 356 g/mol. The third-order valence-electron chi connectivity index (χ3n) is 3.95. The van der Waals surface area contributed by atoms with E-state index in [0.717, 1.165) is 12.1 Å². The van der Waals surface area contributed by atoms with E-state index in [-0.39, 0.29) is 39.6 Å². The molecule has 2 heterocycles. The normalized spacial score (nSPS) is 11.0. The number of methoxy groups -OCH3 is 1. The summed E-state index contributed by atoms with van der Waals surface area (Å²) in [6.07, 6.45) is 0. The van der Waals surface area contributed by atoms with Gasteiger partial charge >= 0.3 is 11.3 Å². The van der Waals surface area contributed by atoms with Gasteiger partial charge in [-0.2, -0.15) is 0 Å². The van der Waals surface area contributed by atoms with Crippen LogP contribution in [-0.2, 0) is 0 Å². The van der Waals surface area contributed by atoms with Crippen LogP contribution in [0.1, 0.15) is 0 Å². The zero-order valence-electron chi connectivity index (χ0n) is 13.9. The number of rotatable bonds is 3. The number of hydrogen-bond donors (Lipinski definition) is 2. The summed E-state index contributed by atoms with van der Waals surface area (Å²) in [4.78, 5) is 23.3. The van der Waals surface area contributed by atoms with Gasteiger partial charge in [-0.05, 0) is 24.3 Å². The second kappa shape index (κ2) is 6.10. The second-order valence-electron chi connectivity index (χ2n) is 5.61. The molecule has 0 aliphatic carbocycles. The molecule has 0 atom stereocenters. The molecule has 8 nitrogen and oxygen atoms in total. The Morgan fingerprint density at radius 1 is 0.815 bits per heavy atom. The Balaban J connectivity index is 2.03. The molecule has 27 heavy (non-hydrogen) atoms. The predicted octanol–water partition coefficient (Wildman–Crippen LogP) is 3.11. The van der Waals surface area contributed by atoms with Gasteiger partial charge in [0.25, 0.3) is 0 Å². The van der Waals surface area contributed by atoms with Gasteiger partial charge in [0, 0.05) is 23.6 Å². The van der Waals surface area contributed by atoms with Crippen molar-refractivity contribution in [2.24, 2.45) is 0 Å². The van der Waals surface area contributed by atoms with E-state index in [4.69, 9.17) is 18.3 Å². The number of ether oxygens (including phenoxy) is 2. The molecule has 0 radical (unpaired) electrons. The van der Waals surface area contributed by atoms with Crippen LogP contribution in [0, 0.1) is 0 Å². The first-order chi connectivity index (χ1) is 13.0. The number of aromatic hydroxyl groups is 2. The summed E-state index contributed by atoms with van der Waals surface area (Å²) in [5.74, 6) is -0.795. The lowest BCUT2D eigenvalue weighted by molar-refractivity contribution is 0.360. The van der Waals surface area contributed by atoms with E-state index in [1.807, 2.05) is 0 Å². The Kier molecular flexibility index (Phi) is 3.73. The fourth-order valence-corrected chi connectivity index (χ4v) is 2.72. The lowest BCUT2D eigenvalue weighted by Crippen LogP contribution is -1.99. The van der Waals surface area contributed by atoms with Gasteiger partial charge in [0.15, 0.2) is 22.7 Å². The summed E-state index contributed by atoms with van der Waals surface area (Å²) in [6.45, 7) is 0. The number of benzene rings is 2. The monoisotopic (exact) mass is 368 g/mol. The van der Waals surface area contributed by atoms with Crippen LogP contribution in [0.4, 0.5) is 0 Å². The van der Waals surface area contributed by atoms with Crippen molar-refractivity contribution in [1.29, 1.82) is 0 Å². The molecule has 136 valence electrons. The lowest BCUT2D eigenvalue weighted by atomic mass is 10.2. The van der Waals surface area contributed by atoms with Crippen molar-refractivity contribution in [3.63, 3.8) is 0 Å². The maximum Gasteiger partial charge on any atom is 0.336 e. The van der Waals surface area contributed by atoms with E-state index in [1.165, 1.54) is 19.2 Å². The minimum Gasteiger partial charge on any atom is -0.507 e. The minimum atomic E-state index is -0.700. The summed E-state index contributed by atoms with van der Waals surface area (Å²) in [6, 6.07) is 9.56. The van der Waals surface area contributed by atoms with Crippen molar-refractivity contribution < 1.29 is 28.5 Å². The van der Waals surface area contributed by atoms with Crippen LogP contribution in [0.25, 0.3) is 21.9 Å². The zero-order chi connectivity index (χ0) is 19.1. The van der Waals surface area contributed by atoms with Crippen LogP contribution in [0.5, 0.6) is 28.7 Å². The SMILES string of the molecule is COc1ccc2ccc(=O)oc2c1Oc1c(O)cc(O)c2ccc(=O)oc12. The van der Waals surface area contributed by atoms with E-state index in [9.17, 15) is 19.8 Å². The minimum absolute atomic E-state index is 0.00138. The van der Waals surface area contributed by atoms with Gasteiger partial charge in [0.05, 0.1) is 12.5 Å². The molecule has 0 fully saturated rings. The first-order valence-electron chi connectivity index (χ1n) is 7.75. The molecule has 4 rings (SSSR count). The average Bonchev–Trinajstić information content (AvgIpc) is 2.64. The molecule has 2 aromatic heterocycles. The van der Waals surface area contributed by atoms with E-state index < -0.39 is 17.0 Å². The largest absolute Gasteiger partial charge is 0.507 e. The standard InChI is InChI=1S/C19H12O8/c1-24-13-5-2-9-3-6-14(22)25-16(9)19(13)27-18-12(21)8-11(20)10-4-7-15(23)26-17(10)18/h2-8,20-21H,1H3. The molecule has 0 saturated heterocycles. The highest BCUT2D eigenvalue weighted by Gasteiger charge is 2.21. The van der Waals surface area contributed by atoms with Crippen LogP contribution in [0.3, 0.4) is 0 Å². The molecule has 2 aromatic carbocycles. The smallest absolute Gasteiger partial charge is 0.336 e. The Morgan fingerprint density at radius 2 is 1.48 bits per heavy atom. The van der Waals surface area contributed by atoms with E-state index in [0.29, 0.717) is 5.39 Å².